The standard InChI is InChI=1S/C14H18BrNO3/c1-4-8(2)12(14(18)19)16-13(17)10-5-6-11(15)9(3)7-10/h5-8,12H,4H2,1-3H3,(H,16,17)(H,18,19)/t8-,12-/m0/s1. The van der Waals surface area contributed by atoms with Gasteiger partial charge in [0.25, 0.3) is 5.91 Å². The number of nitrogens with one attached hydrogen (secondary N) is 1. The van der Waals surface area contributed by atoms with E-state index < -0.39 is 12.0 Å². The van der Waals surface area contributed by atoms with Crippen LogP contribution in [0.1, 0.15) is 36.2 Å². The van der Waals surface area contributed by atoms with E-state index in [1.54, 1.807) is 18.2 Å². The number of hydrogen-bond acceptors (Lipinski definition) is 2. The van der Waals surface area contributed by atoms with Gasteiger partial charge in [-0.05, 0) is 36.6 Å². The predicted molar refractivity (Wildman–Crippen MR) is 77.2 cm³/mol. The van der Waals surface area contributed by atoms with Crippen molar-refractivity contribution < 1.29 is 14.7 Å². The minimum Gasteiger partial charge on any atom is -0.480 e. The van der Waals surface area contributed by atoms with Crippen LogP contribution in [0, 0.1) is 12.8 Å². The molecule has 5 heteroatoms. The number of hydrogen-bond donors (Lipinski definition) is 2. The van der Waals surface area contributed by atoms with Crippen LogP contribution in [0.3, 0.4) is 0 Å². The number of carboxylic acid groups (broad SMARTS) is 1. The van der Waals surface area contributed by atoms with E-state index >= 15 is 0 Å². The number of benzene rings is 1. The highest BCUT2D eigenvalue weighted by Crippen LogP contribution is 2.17. The molecule has 1 rings (SSSR count). The molecule has 4 nitrogen and oxygen atoms in total. The molecule has 0 spiro atoms. The lowest BCUT2D eigenvalue weighted by Crippen LogP contribution is -2.45. The van der Waals surface area contributed by atoms with Crippen LogP contribution in [0.4, 0.5) is 0 Å². The SMILES string of the molecule is CC[C@H](C)[C@H](NC(=O)c1ccc(Br)c(C)c1)C(=O)O. The Balaban J connectivity index is 2.87. The molecule has 0 saturated carbocycles. The van der Waals surface area contributed by atoms with Gasteiger partial charge in [0.2, 0.25) is 0 Å². The Hall–Kier alpha value is -1.36. The van der Waals surface area contributed by atoms with Crippen molar-refractivity contribution in [1.82, 2.24) is 5.32 Å². The minimum absolute atomic E-state index is 0.113. The summed E-state index contributed by atoms with van der Waals surface area (Å²) in [6.45, 7) is 5.59. The zero-order chi connectivity index (χ0) is 14.6. The van der Waals surface area contributed by atoms with Crippen LogP contribution >= 0.6 is 15.9 Å². The first-order valence-corrected chi connectivity index (χ1v) is 6.96. The van der Waals surface area contributed by atoms with Gasteiger partial charge >= 0.3 is 5.97 Å². The zero-order valence-corrected chi connectivity index (χ0v) is 12.8. The summed E-state index contributed by atoms with van der Waals surface area (Å²) in [6, 6.07) is 4.32. The summed E-state index contributed by atoms with van der Waals surface area (Å²) >= 11 is 3.36. The van der Waals surface area contributed by atoms with Crippen LogP contribution in [-0.4, -0.2) is 23.0 Å². The van der Waals surface area contributed by atoms with Gasteiger partial charge in [-0.2, -0.15) is 0 Å². The number of aliphatic carboxylic acids is 1. The second kappa shape index (κ2) is 6.70. The van der Waals surface area contributed by atoms with Crippen molar-refractivity contribution in [3.8, 4) is 0 Å². The van der Waals surface area contributed by atoms with Crippen LogP contribution in [0.5, 0.6) is 0 Å². The fourth-order valence-electron chi connectivity index (χ4n) is 1.69. The fraction of sp³-hybridized carbons (Fsp3) is 0.429. The first-order valence-electron chi connectivity index (χ1n) is 6.16. The molecule has 1 aromatic rings. The molecule has 0 aliphatic rings. The Morgan fingerprint density at radius 1 is 1.42 bits per heavy atom. The van der Waals surface area contributed by atoms with Gasteiger partial charge in [-0.25, -0.2) is 4.79 Å². The highest BCUT2D eigenvalue weighted by molar-refractivity contribution is 9.10. The molecule has 0 fully saturated rings. The molecule has 1 amide bonds. The van der Waals surface area contributed by atoms with Gasteiger partial charge in [-0.15, -0.1) is 0 Å². The van der Waals surface area contributed by atoms with Crippen LogP contribution in [0.2, 0.25) is 0 Å². The van der Waals surface area contributed by atoms with E-state index in [1.807, 2.05) is 20.8 Å². The van der Waals surface area contributed by atoms with Gasteiger partial charge in [-0.1, -0.05) is 36.2 Å². The number of carboxylic acids is 1. The Kier molecular flexibility index (Phi) is 5.54. The Labute approximate surface area is 121 Å². The van der Waals surface area contributed by atoms with Crippen LogP contribution < -0.4 is 5.32 Å². The number of rotatable bonds is 5. The van der Waals surface area contributed by atoms with E-state index in [-0.39, 0.29) is 11.8 Å². The average molecular weight is 328 g/mol. The van der Waals surface area contributed by atoms with Gasteiger partial charge in [-0.3, -0.25) is 4.79 Å². The topological polar surface area (TPSA) is 66.4 Å². The van der Waals surface area contributed by atoms with E-state index in [0.29, 0.717) is 12.0 Å². The Morgan fingerprint density at radius 2 is 2.05 bits per heavy atom. The summed E-state index contributed by atoms with van der Waals surface area (Å²) in [7, 11) is 0. The van der Waals surface area contributed by atoms with E-state index in [0.717, 1.165) is 10.0 Å². The number of amides is 1. The fourth-order valence-corrected chi connectivity index (χ4v) is 1.94. The highest BCUT2D eigenvalue weighted by Gasteiger charge is 2.25. The molecule has 1 aromatic carbocycles. The normalized spacial score (nSPS) is 13.7. The third kappa shape index (κ3) is 4.06. The van der Waals surface area contributed by atoms with Gasteiger partial charge in [0, 0.05) is 10.0 Å². The molecular formula is C14H18BrNO3. The van der Waals surface area contributed by atoms with Crippen molar-refractivity contribution >= 4 is 27.8 Å². The van der Waals surface area contributed by atoms with Gasteiger partial charge in [0.1, 0.15) is 6.04 Å². The van der Waals surface area contributed by atoms with E-state index in [4.69, 9.17) is 5.11 Å². The largest absolute Gasteiger partial charge is 0.480 e. The summed E-state index contributed by atoms with van der Waals surface area (Å²) in [4.78, 5) is 23.2. The summed E-state index contributed by atoms with van der Waals surface area (Å²) in [5, 5.41) is 11.7. The zero-order valence-electron chi connectivity index (χ0n) is 11.2. The molecule has 0 saturated heterocycles. The van der Waals surface area contributed by atoms with Crippen molar-refractivity contribution in [2.75, 3.05) is 0 Å². The summed E-state index contributed by atoms with van der Waals surface area (Å²) in [6.07, 6.45) is 0.691. The summed E-state index contributed by atoms with van der Waals surface area (Å²) < 4.78 is 0.917. The maximum Gasteiger partial charge on any atom is 0.326 e. The second-order valence-electron chi connectivity index (χ2n) is 4.64. The molecule has 104 valence electrons. The lowest BCUT2D eigenvalue weighted by atomic mass is 9.99. The Bertz CT molecular complexity index is 488. The molecule has 0 heterocycles. The van der Waals surface area contributed by atoms with Crippen molar-refractivity contribution in [2.45, 2.75) is 33.2 Å². The lowest BCUT2D eigenvalue weighted by molar-refractivity contribution is -0.140. The van der Waals surface area contributed by atoms with Gasteiger partial charge in [0.05, 0.1) is 0 Å². The molecular weight excluding hydrogens is 310 g/mol. The number of carbonyl (C=O) groups is 2. The smallest absolute Gasteiger partial charge is 0.326 e. The van der Waals surface area contributed by atoms with Crippen LogP contribution in [-0.2, 0) is 4.79 Å². The molecule has 0 aliphatic carbocycles. The van der Waals surface area contributed by atoms with Gasteiger partial charge < -0.3 is 10.4 Å². The maximum atomic E-state index is 12.1. The summed E-state index contributed by atoms with van der Waals surface area (Å²) in [5.41, 5.74) is 1.40. The van der Waals surface area contributed by atoms with Crippen molar-refractivity contribution in [3.63, 3.8) is 0 Å². The third-order valence-electron chi connectivity index (χ3n) is 3.19. The second-order valence-corrected chi connectivity index (χ2v) is 5.49. The quantitative estimate of drug-likeness (QED) is 0.873. The van der Waals surface area contributed by atoms with Crippen molar-refractivity contribution in [2.24, 2.45) is 5.92 Å². The molecule has 19 heavy (non-hydrogen) atoms. The molecule has 0 unspecified atom stereocenters. The number of aryl methyl sites for hydroxylation is 1. The highest BCUT2D eigenvalue weighted by atomic mass is 79.9. The van der Waals surface area contributed by atoms with Crippen LogP contribution in [0.15, 0.2) is 22.7 Å². The predicted octanol–water partition coefficient (Wildman–Crippen LogP) is 2.99. The molecule has 0 bridgehead atoms. The lowest BCUT2D eigenvalue weighted by Gasteiger charge is -2.20. The first kappa shape index (κ1) is 15.7. The average Bonchev–Trinajstić information content (AvgIpc) is 2.37. The molecule has 2 atom stereocenters. The van der Waals surface area contributed by atoms with Crippen LogP contribution in [0.25, 0.3) is 0 Å². The monoisotopic (exact) mass is 327 g/mol. The third-order valence-corrected chi connectivity index (χ3v) is 4.08. The number of halogens is 1. The minimum atomic E-state index is -1.00. The Morgan fingerprint density at radius 3 is 2.53 bits per heavy atom. The molecule has 0 radical (unpaired) electrons. The molecule has 2 N–H and O–H groups in total. The van der Waals surface area contributed by atoms with E-state index in [2.05, 4.69) is 21.2 Å². The number of carbonyl (C=O) groups excluding carboxylic acids is 1. The van der Waals surface area contributed by atoms with Crippen molar-refractivity contribution in [3.05, 3.63) is 33.8 Å². The summed E-state index contributed by atoms with van der Waals surface area (Å²) in [5.74, 6) is -1.47. The molecule has 0 aliphatic heterocycles. The van der Waals surface area contributed by atoms with E-state index in [1.165, 1.54) is 0 Å². The molecule has 0 aromatic heterocycles. The van der Waals surface area contributed by atoms with Gasteiger partial charge in [0.15, 0.2) is 0 Å². The van der Waals surface area contributed by atoms with Crippen molar-refractivity contribution in [1.29, 1.82) is 0 Å². The maximum absolute atomic E-state index is 12.1. The van der Waals surface area contributed by atoms with E-state index in [9.17, 15) is 9.59 Å². The first-order chi connectivity index (χ1) is 8.86.